The summed E-state index contributed by atoms with van der Waals surface area (Å²) in [5, 5.41) is 8.68. The quantitative estimate of drug-likeness (QED) is 0.784. The van der Waals surface area contributed by atoms with E-state index < -0.39 is 12.1 Å². The average Bonchev–Trinajstić information content (AvgIpc) is 2.17. The zero-order chi connectivity index (χ0) is 10.7. The van der Waals surface area contributed by atoms with E-state index in [2.05, 4.69) is 4.98 Å². The van der Waals surface area contributed by atoms with Crippen molar-refractivity contribution in [2.45, 2.75) is 19.9 Å². The summed E-state index contributed by atoms with van der Waals surface area (Å²) in [5.74, 6) is 0. The second kappa shape index (κ2) is 4.11. The van der Waals surface area contributed by atoms with Gasteiger partial charge in [-0.2, -0.15) is 5.26 Å². The third-order valence-corrected chi connectivity index (χ3v) is 1.93. The van der Waals surface area contributed by atoms with Gasteiger partial charge in [-0.05, 0) is 18.6 Å². The van der Waals surface area contributed by atoms with Gasteiger partial charge in [0, 0.05) is 6.54 Å². The van der Waals surface area contributed by atoms with Gasteiger partial charge in [-0.1, -0.05) is 0 Å². The van der Waals surface area contributed by atoms with Crippen LogP contribution in [0.25, 0.3) is 0 Å². The molecule has 0 saturated carbocycles. The summed E-state index contributed by atoms with van der Waals surface area (Å²) in [4.78, 5) is 3.67. The van der Waals surface area contributed by atoms with Crippen LogP contribution in [-0.4, -0.2) is 4.98 Å². The fraction of sp³-hybridized carbons (Fsp3) is 0.333. The molecule has 0 aliphatic heterocycles. The molecular formula is C9H9F2N3. The molecule has 0 fully saturated rings. The highest BCUT2D eigenvalue weighted by Crippen LogP contribution is 2.20. The molecule has 1 heterocycles. The molecule has 1 aromatic rings. The number of aromatic nitrogens is 1. The molecule has 0 radical (unpaired) electrons. The van der Waals surface area contributed by atoms with Crippen LogP contribution in [0.5, 0.6) is 0 Å². The standard InChI is InChI=1S/C9H9F2N3/c1-5-6(3-12)2-7(9(10)11)14-8(5)4-13/h2,9H,4,13H2,1H3. The molecule has 0 unspecified atom stereocenters. The first-order valence-electron chi connectivity index (χ1n) is 3.99. The highest BCUT2D eigenvalue weighted by atomic mass is 19.3. The number of nitriles is 1. The molecule has 3 nitrogen and oxygen atoms in total. The lowest BCUT2D eigenvalue weighted by Gasteiger charge is -2.07. The first kappa shape index (κ1) is 10.5. The van der Waals surface area contributed by atoms with E-state index in [1.165, 1.54) is 0 Å². The molecular weight excluding hydrogens is 188 g/mol. The number of nitrogens with two attached hydrogens (primary N) is 1. The molecule has 14 heavy (non-hydrogen) atoms. The highest BCUT2D eigenvalue weighted by Gasteiger charge is 2.14. The van der Waals surface area contributed by atoms with Gasteiger partial charge in [-0.3, -0.25) is 4.98 Å². The minimum absolute atomic E-state index is 0.0566. The van der Waals surface area contributed by atoms with Crippen LogP contribution < -0.4 is 5.73 Å². The van der Waals surface area contributed by atoms with E-state index in [1.54, 1.807) is 6.92 Å². The number of nitrogens with zero attached hydrogens (tertiary/aromatic N) is 2. The van der Waals surface area contributed by atoms with Crippen molar-refractivity contribution in [3.05, 3.63) is 28.6 Å². The van der Waals surface area contributed by atoms with E-state index in [1.807, 2.05) is 6.07 Å². The number of hydrogen-bond acceptors (Lipinski definition) is 3. The fourth-order valence-corrected chi connectivity index (χ4v) is 1.11. The maximum atomic E-state index is 12.3. The van der Waals surface area contributed by atoms with Crippen LogP contribution in [0.2, 0.25) is 0 Å². The van der Waals surface area contributed by atoms with Gasteiger partial charge in [-0.25, -0.2) is 8.78 Å². The van der Waals surface area contributed by atoms with Crippen molar-refractivity contribution in [1.29, 1.82) is 5.26 Å². The minimum Gasteiger partial charge on any atom is -0.325 e. The molecule has 0 aliphatic rings. The average molecular weight is 197 g/mol. The maximum absolute atomic E-state index is 12.3. The van der Waals surface area contributed by atoms with Crippen molar-refractivity contribution in [3.8, 4) is 6.07 Å². The van der Waals surface area contributed by atoms with Crippen LogP contribution in [0.1, 0.15) is 28.9 Å². The van der Waals surface area contributed by atoms with Gasteiger partial charge in [0.05, 0.1) is 17.3 Å². The summed E-state index contributed by atoms with van der Waals surface area (Å²) in [7, 11) is 0. The fourth-order valence-electron chi connectivity index (χ4n) is 1.11. The number of halogens is 2. The molecule has 1 rings (SSSR count). The number of rotatable bonds is 2. The molecule has 0 bridgehead atoms. The monoisotopic (exact) mass is 197 g/mol. The number of hydrogen-bond donors (Lipinski definition) is 1. The number of pyridine rings is 1. The van der Waals surface area contributed by atoms with Gasteiger partial charge in [0.25, 0.3) is 6.43 Å². The van der Waals surface area contributed by atoms with Crippen molar-refractivity contribution < 1.29 is 8.78 Å². The molecule has 0 aliphatic carbocycles. The molecule has 2 N–H and O–H groups in total. The third kappa shape index (κ3) is 1.86. The molecule has 0 amide bonds. The Labute approximate surface area is 80.2 Å². The first-order chi connectivity index (χ1) is 6.60. The van der Waals surface area contributed by atoms with E-state index in [0.29, 0.717) is 11.3 Å². The molecule has 74 valence electrons. The van der Waals surface area contributed by atoms with Gasteiger partial charge in [0.15, 0.2) is 0 Å². The van der Waals surface area contributed by atoms with E-state index in [0.717, 1.165) is 6.07 Å². The predicted octanol–water partition coefficient (Wildman–Crippen LogP) is 1.66. The van der Waals surface area contributed by atoms with Gasteiger partial charge >= 0.3 is 0 Å². The SMILES string of the molecule is Cc1c(C#N)cc(C(F)F)nc1CN. The normalized spacial score (nSPS) is 10.3. The molecule has 0 atom stereocenters. The van der Waals surface area contributed by atoms with Crippen LogP contribution >= 0.6 is 0 Å². The van der Waals surface area contributed by atoms with Crippen molar-refractivity contribution >= 4 is 0 Å². The topological polar surface area (TPSA) is 62.7 Å². The van der Waals surface area contributed by atoms with E-state index in [9.17, 15) is 8.78 Å². The van der Waals surface area contributed by atoms with Crippen LogP contribution in [0.15, 0.2) is 6.07 Å². The summed E-state index contributed by atoms with van der Waals surface area (Å²) in [6, 6.07) is 2.93. The molecule has 0 saturated heterocycles. The summed E-state index contributed by atoms with van der Waals surface area (Å²) >= 11 is 0. The maximum Gasteiger partial charge on any atom is 0.280 e. The van der Waals surface area contributed by atoms with Gasteiger partial charge in [0.1, 0.15) is 5.69 Å². The Kier molecular flexibility index (Phi) is 3.10. The van der Waals surface area contributed by atoms with Crippen LogP contribution in [-0.2, 0) is 6.54 Å². The lowest BCUT2D eigenvalue weighted by Crippen LogP contribution is -2.07. The first-order valence-corrected chi connectivity index (χ1v) is 3.99. The number of alkyl halides is 2. The van der Waals surface area contributed by atoms with E-state index in [-0.39, 0.29) is 12.1 Å². The highest BCUT2D eigenvalue weighted by molar-refractivity contribution is 5.40. The van der Waals surface area contributed by atoms with Crippen molar-refractivity contribution in [3.63, 3.8) is 0 Å². The van der Waals surface area contributed by atoms with Crippen LogP contribution in [0.4, 0.5) is 8.78 Å². The zero-order valence-corrected chi connectivity index (χ0v) is 7.59. The Morgan fingerprint density at radius 1 is 1.64 bits per heavy atom. The van der Waals surface area contributed by atoms with Gasteiger partial charge in [0.2, 0.25) is 0 Å². The minimum atomic E-state index is -2.67. The lowest BCUT2D eigenvalue weighted by atomic mass is 10.1. The second-order valence-electron chi connectivity index (χ2n) is 2.78. The zero-order valence-electron chi connectivity index (χ0n) is 7.59. The molecule has 0 aromatic carbocycles. The Balaban J connectivity index is 3.34. The third-order valence-electron chi connectivity index (χ3n) is 1.93. The van der Waals surface area contributed by atoms with Crippen LogP contribution in [0, 0.1) is 18.3 Å². The summed E-state index contributed by atoms with van der Waals surface area (Å²) in [5.41, 5.74) is 6.05. The Hall–Kier alpha value is -1.54. The summed E-state index contributed by atoms with van der Waals surface area (Å²) in [6.45, 7) is 1.70. The Morgan fingerprint density at radius 3 is 2.71 bits per heavy atom. The van der Waals surface area contributed by atoms with Crippen molar-refractivity contribution in [2.24, 2.45) is 5.73 Å². The largest absolute Gasteiger partial charge is 0.325 e. The second-order valence-corrected chi connectivity index (χ2v) is 2.78. The van der Waals surface area contributed by atoms with Crippen LogP contribution in [0.3, 0.4) is 0 Å². The predicted molar refractivity (Wildman–Crippen MR) is 46.5 cm³/mol. The molecule has 1 aromatic heterocycles. The molecule has 5 heteroatoms. The Morgan fingerprint density at radius 2 is 2.29 bits per heavy atom. The summed E-state index contributed by atoms with van der Waals surface area (Å²) in [6.07, 6.45) is -2.67. The van der Waals surface area contributed by atoms with E-state index in [4.69, 9.17) is 11.0 Å². The van der Waals surface area contributed by atoms with Gasteiger partial charge in [-0.15, -0.1) is 0 Å². The van der Waals surface area contributed by atoms with Crippen molar-refractivity contribution in [1.82, 2.24) is 4.98 Å². The lowest BCUT2D eigenvalue weighted by molar-refractivity contribution is 0.145. The van der Waals surface area contributed by atoms with Crippen molar-refractivity contribution in [2.75, 3.05) is 0 Å². The van der Waals surface area contributed by atoms with Gasteiger partial charge < -0.3 is 5.73 Å². The Bertz CT molecular complexity index is 382. The summed E-state index contributed by atoms with van der Waals surface area (Å²) < 4.78 is 24.6. The van der Waals surface area contributed by atoms with E-state index >= 15 is 0 Å². The molecule has 0 spiro atoms. The smallest absolute Gasteiger partial charge is 0.280 e.